The third-order valence-corrected chi connectivity index (χ3v) is 4.65. The monoisotopic (exact) mass is 328 g/mol. The van der Waals surface area contributed by atoms with Gasteiger partial charge in [-0.3, -0.25) is 20.4 Å². The Morgan fingerprint density at radius 2 is 1.65 bits per heavy atom. The molecule has 2 N–H and O–H groups in total. The molecule has 0 aliphatic carbocycles. The zero-order valence-electron chi connectivity index (χ0n) is 13.2. The van der Waals surface area contributed by atoms with Crippen molar-refractivity contribution in [3.63, 3.8) is 0 Å². The lowest BCUT2D eigenvalue weighted by Gasteiger charge is -2.13. The summed E-state index contributed by atoms with van der Waals surface area (Å²) in [6.07, 6.45) is 0. The smallest absolute Gasteiger partial charge is 0.269 e. The molecule has 5 heteroatoms. The van der Waals surface area contributed by atoms with Gasteiger partial charge in [-0.25, -0.2) is 0 Å². The molecule has 0 aliphatic rings. The van der Waals surface area contributed by atoms with Gasteiger partial charge in [0.05, 0.1) is 5.25 Å². The van der Waals surface area contributed by atoms with Crippen molar-refractivity contribution in [3.05, 3.63) is 71.3 Å². The number of aryl methyl sites for hydroxylation is 1. The number of rotatable bonds is 5. The van der Waals surface area contributed by atoms with E-state index in [4.69, 9.17) is 0 Å². The van der Waals surface area contributed by atoms with Crippen LogP contribution >= 0.6 is 11.8 Å². The summed E-state index contributed by atoms with van der Waals surface area (Å²) in [4.78, 5) is 23.9. The van der Waals surface area contributed by atoms with Crippen molar-refractivity contribution in [2.75, 3.05) is 0 Å². The van der Waals surface area contributed by atoms with E-state index < -0.39 is 0 Å². The fraction of sp³-hybridized carbons (Fsp3) is 0.222. The lowest BCUT2D eigenvalue weighted by atomic mass is 10.1. The van der Waals surface area contributed by atoms with E-state index in [0.717, 1.165) is 5.75 Å². The maximum atomic E-state index is 12.0. The molecule has 2 aromatic rings. The predicted octanol–water partition coefficient (Wildman–Crippen LogP) is 3.08. The molecule has 0 aliphatic heterocycles. The van der Waals surface area contributed by atoms with E-state index in [9.17, 15) is 9.59 Å². The Morgan fingerprint density at radius 1 is 1.00 bits per heavy atom. The van der Waals surface area contributed by atoms with Crippen LogP contribution in [-0.2, 0) is 10.5 Å². The highest BCUT2D eigenvalue weighted by Crippen LogP contribution is 2.20. The second-order valence-electron chi connectivity index (χ2n) is 5.19. The highest BCUT2D eigenvalue weighted by Gasteiger charge is 2.15. The standard InChI is InChI=1S/C18H20N2O2S/c1-13-8-6-7-11-16(13)12-23-14(2)17(21)19-20-18(22)15-9-4-3-5-10-15/h3-11,14H,12H2,1-2H3,(H,19,21)(H,20,22)/t14-/m0/s1. The molecular weight excluding hydrogens is 308 g/mol. The van der Waals surface area contributed by atoms with Crippen molar-refractivity contribution in [2.45, 2.75) is 24.9 Å². The van der Waals surface area contributed by atoms with Gasteiger partial charge in [0.2, 0.25) is 0 Å². The van der Waals surface area contributed by atoms with Crippen molar-refractivity contribution in [3.8, 4) is 0 Å². The molecule has 0 aromatic heterocycles. The van der Waals surface area contributed by atoms with Crippen molar-refractivity contribution in [1.29, 1.82) is 0 Å². The molecule has 0 spiro atoms. The third kappa shape index (κ3) is 5.14. The number of hydrogen-bond donors (Lipinski definition) is 2. The molecular formula is C18H20N2O2S. The average Bonchev–Trinajstić information content (AvgIpc) is 2.59. The maximum Gasteiger partial charge on any atom is 0.269 e. The number of nitrogens with one attached hydrogen (secondary N) is 2. The predicted molar refractivity (Wildman–Crippen MR) is 94.0 cm³/mol. The van der Waals surface area contributed by atoms with Gasteiger partial charge in [-0.05, 0) is 37.1 Å². The van der Waals surface area contributed by atoms with Crippen LogP contribution in [0.3, 0.4) is 0 Å². The molecule has 0 bridgehead atoms. The molecule has 2 rings (SSSR count). The number of benzene rings is 2. The van der Waals surface area contributed by atoms with E-state index in [1.165, 1.54) is 22.9 Å². The molecule has 1 atom stereocenters. The average molecular weight is 328 g/mol. The second-order valence-corrected chi connectivity index (χ2v) is 6.52. The van der Waals surface area contributed by atoms with Crippen LogP contribution in [0.1, 0.15) is 28.4 Å². The first-order chi connectivity index (χ1) is 11.1. The van der Waals surface area contributed by atoms with Crippen molar-refractivity contribution < 1.29 is 9.59 Å². The van der Waals surface area contributed by atoms with Crippen LogP contribution < -0.4 is 10.9 Å². The third-order valence-electron chi connectivity index (χ3n) is 3.45. The Morgan fingerprint density at radius 3 is 2.35 bits per heavy atom. The van der Waals surface area contributed by atoms with E-state index in [-0.39, 0.29) is 17.1 Å². The van der Waals surface area contributed by atoms with Gasteiger partial charge in [0.25, 0.3) is 11.8 Å². The minimum Gasteiger partial charge on any atom is -0.272 e. The van der Waals surface area contributed by atoms with Gasteiger partial charge in [-0.2, -0.15) is 0 Å². The molecule has 2 aromatic carbocycles. The topological polar surface area (TPSA) is 58.2 Å². The number of thioether (sulfide) groups is 1. The normalized spacial score (nSPS) is 11.6. The lowest BCUT2D eigenvalue weighted by molar-refractivity contribution is -0.121. The van der Waals surface area contributed by atoms with Gasteiger partial charge >= 0.3 is 0 Å². The van der Waals surface area contributed by atoms with E-state index in [2.05, 4.69) is 29.9 Å². The van der Waals surface area contributed by atoms with E-state index in [1.807, 2.05) is 25.1 Å². The molecule has 23 heavy (non-hydrogen) atoms. The molecule has 0 heterocycles. The van der Waals surface area contributed by atoms with Crippen LogP contribution in [0.15, 0.2) is 54.6 Å². The Balaban J connectivity index is 1.79. The second kappa shape index (κ2) is 8.39. The SMILES string of the molecule is Cc1ccccc1CS[C@@H](C)C(=O)NNC(=O)c1ccccc1. The van der Waals surface area contributed by atoms with Gasteiger partial charge < -0.3 is 0 Å². The highest BCUT2D eigenvalue weighted by atomic mass is 32.2. The fourth-order valence-corrected chi connectivity index (χ4v) is 2.91. The summed E-state index contributed by atoms with van der Waals surface area (Å²) >= 11 is 1.54. The number of hydrogen-bond acceptors (Lipinski definition) is 3. The van der Waals surface area contributed by atoms with Crippen LogP contribution in [0.4, 0.5) is 0 Å². The molecule has 4 nitrogen and oxygen atoms in total. The summed E-state index contributed by atoms with van der Waals surface area (Å²) in [5.41, 5.74) is 7.84. The summed E-state index contributed by atoms with van der Waals surface area (Å²) in [6.45, 7) is 3.88. The minimum atomic E-state index is -0.324. The Hall–Kier alpha value is -2.27. The number of hydrazine groups is 1. The van der Waals surface area contributed by atoms with Crippen LogP contribution in [0.25, 0.3) is 0 Å². The Kier molecular flexibility index (Phi) is 6.23. The van der Waals surface area contributed by atoms with Crippen molar-refractivity contribution in [1.82, 2.24) is 10.9 Å². The molecule has 0 saturated carbocycles. The van der Waals surface area contributed by atoms with E-state index in [1.54, 1.807) is 24.3 Å². The van der Waals surface area contributed by atoms with Gasteiger partial charge in [-0.15, -0.1) is 11.8 Å². The fourth-order valence-electron chi connectivity index (χ4n) is 1.94. The van der Waals surface area contributed by atoms with Crippen LogP contribution in [0, 0.1) is 6.92 Å². The van der Waals surface area contributed by atoms with Crippen LogP contribution in [-0.4, -0.2) is 17.1 Å². The Labute approximate surface area is 140 Å². The minimum absolute atomic E-state index is 0.215. The summed E-state index contributed by atoms with van der Waals surface area (Å²) in [6, 6.07) is 16.9. The first-order valence-corrected chi connectivity index (χ1v) is 8.44. The molecule has 0 radical (unpaired) electrons. The quantitative estimate of drug-likeness (QED) is 0.829. The van der Waals surface area contributed by atoms with E-state index >= 15 is 0 Å². The summed E-state index contributed by atoms with van der Waals surface area (Å²) in [5.74, 6) is 0.219. The van der Waals surface area contributed by atoms with Crippen LogP contribution in [0.5, 0.6) is 0 Å². The summed E-state index contributed by atoms with van der Waals surface area (Å²) in [7, 11) is 0. The van der Waals surface area contributed by atoms with Gasteiger partial charge in [0.1, 0.15) is 0 Å². The number of carbonyl (C=O) groups is 2. The zero-order chi connectivity index (χ0) is 16.7. The lowest BCUT2D eigenvalue weighted by Crippen LogP contribution is -2.44. The molecule has 0 unspecified atom stereocenters. The van der Waals surface area contributed by atoms with Gasteiger partial charge in [-0.1, -0.05) is 42.5 Å². The number of amides is 2. The molecule has 0 fully saturated rings. The van der Waals surface area contributed by atoms with E-state index in [0.29, 0.717) is 5.56 Å². The van der Waals surface area contributed by atoms with Crippen molar-refractivity contribution >= 4 is 23.6 Å². The highest BCUT2D eigenvalue weighted by molar-refractivity contribution is 7.99. The van der Waals surface area contributed by atoms with Gasteiger partial charge in [0, 0.05) is 11.3 Å². The molecule has 2 amide bonds. The largest absolute Gasteiger partial charge is 0.272 e. The Bertz CT molecular complexity index is 674. The van der Waals surface area contributed by atoms with Crippen LogP contribution in [0.2, 0.25) is 0 Å². The number of carbonyl (C=O) groups excluding carboxylic acids is 2. The first-order valence-electron chi connectivity index (χ1n) is 7.39. The van der Waals surface area contributed by atoms with Gasteiger partial charge in [0.15, 0.2) is 0 Å². The zero-order valence-corrected chi connectivity index (χ0v) is 14.0. The summed E-state index contributed by atoms with van der Waals surface area (Å²) in [5, 5.41) is -0.259. The summed E-state index contributed by atoms with van der Waals surface area (Å²) < 4.78 is 0. The van der Waals surface area contributed by atoms with Crippen molar-refractivity contribution in [2.24, 2.45) is 0 Å². The molecule has 120 valence electrons. The maximum absolute atomic E-state index is 12.0. The molecule has 0 saturated heterocycles. The first kappa shape index (κ1) is 17.1.